The highest BCUT2D eigenvalue weighted by Gasteiger charge is 2.06. The minimum atomic E-state index is -0.0114. The van der Waals surface area contributed by atoms with Gasteiger partial charge in [-0.05, 0) is 18.2 Å². The smallest absolute Gasteiger partial charge is 0.221 e. The lowest BCUT2D eigenvalue weighted by atomic mass is 10.2. The normalized spacial score (nSPS) is 10.8. The molecule has 2 aromatic rings. The standard InChI is InChI=1S/C13H16ClN3O2/c1-19-7-5-15-13(18)4-6-17-12-8-11(14)3-2-10(12)9-16-17/h2-3,8-9H,4-7H2,1H3,(H,15,18). The van der Waals surface area contributed by atoms with Gasteiger partial charge in [-0.3, -0.25) is 9.48 Å². The highest BCUT2D eigenvalue weighted by Crippen LogP contribution is 2.19. The second-order valence-electron chi connectivity index (χ2n) is 4.16. The number of ether oxygens (including phenoxy) is 1. The molecule has 1 N–H and O–H groups in total. The maximum Gasteiger partial charge on any atom is 0.221 e. The lowest BCUT2D eigenvalue weighted by Gasteiger charge is -2.05. The molecule has 2 rings (SSSR count). The molecule has 0 saturated heterocycles. The number of aromatic nitrogens is 2. The molecule has 0 saturated carbocycles. The van der Waals surface area contributed by atoms with Crippen LogP contribution >= 0.6 is 11.6 Å². The van der Waals surface area contributed by atoms with Gasteiger partial charge in [-0.25, -0.2) is 0 Å². The van der Waals surface area contributed by atoms with Crippen LogP contribution < -0.4 is 5.32 Å². The van der Waals surface area contributed by atoms with Crippen LogP contribution in [-0.4, -0.2) is 35.9 Å². The van der Waals surface area contributed by atoms with Crippen LogP contribution in [0.25, 0.3) is 10.9 Å². The number of rotatable bonds is 6. The number of amides is 1. The first-order valence-electron chi connectivity index (χ1n) is 6.07. The average Bonchev–Trinajstić information content (AvgIpc) is 2.79. The molecule has 0 unspecified atom stereocenters. The first kappa shape index (κ1) is 13.8. The van der Waals surface area contributed by atoms with E-state index in [1.807, 2.05) is 18.2 Å². The van der Waals surface area contributed by atoms with Crippen LogP contribution in [0.15, 0.2) is 24.4 Å². The summed E-state index contributed by atoms with van der Waals surface area (Å²) in [6.07, 6.45) is 2.15. The number of nitrogens with zero attached hydrogens (tertiary/aromatic N) is 2. The first-order valence-corrected chi connectivity index (χ1v) is 6.45. The molecule has 19 heavy (non-hydrogen) atoms. The molecule has 0 bridgehead atoms. The third kappa shape index (κ3) is 3.68. The van der Waals surface area contributed by atoms with Crippen LogP contribution in [0.1, 0.15) is 6.42 Å². The Morgan fingerprint density at radius 3 is 3.16 bits per heavy atom. The summed E-state index contributed by atoms with van der Waals surface area (Å²) < 4.78 is 6.66. The fourth-order valence-electron chi connectivity index (χ4n) is 1.81. The molecule has 0 aliphatic rings. The predicted molar refractivity (Wildman–Crippen MR) is 74.2 cm³/mol. The van der Waals surface area contributed by atoms with Crippen LogP contribution in [0.2, 0.25) is 5.02 Å². The summed E-state index contributed by atoms with van der Waals surface area (Å²) in [6.45, 7) is 1.58. The Morgan fingerprint density at radius 1 is 1.53 bits per heavy atom. The van der Waals surface area contributed by atoms with Crippen molar-refractivity contribution >= 4 is 28.4 Å². The van der Waals surface area contributed by atoms with Gasteiger partial charge in [0.15, 0.2) is 0 Å². The van der Waals surface area contributed by atoms with Crippen molar-refractivity contribution in [3.8, 4) is 0 Å². The summed E-state index contributed by atoms with van der Waals surface area (Å²) in [5.74, 6) is -0.0114. The largest absolute Gasteiger partial charge is 0.383 e. The van der Waals surface area contributed by atoms with E-state index < -0.39 is 0 Å². The van der Waals surface area contributed by atoms with Crippen molar-refractivity contribution in [1.29, 1.82) is 0 Å². The molecule has 5 nitrogen and oxygen atoms in total. The Morgan fingerprint density at radius 2 is 2.37 bits per heavy atom. The van der Waals surface area contributed by atoms with Gasteiger partial charge in [0, 0.05) is 30.5 Å². The monoisotopic (exact) mass is 281 g/mol. The van der Waals surface area contributed by atoms with Crippen LogP contribution in [0.3, 0.4) is 0 Å². The highest BCUT2D eigenvalue weighted by molar-refractivity contribution is 6.31. The first-order chi connectivity index (χ1) is 9.20. The molecule has 1 aromatic heterocycles. The quantitative estimate of drug-likeness (QED) is 0.822. The summed E-state index contributed by atoms with van der Waals surface area (Å²) in [5.41, 5.74) is 0.942. The molecular weight excluding hydrogens is 266 g/mol. The van der Waals surface area contributed by atoms with Crippen molar-refractivity contribution in [2.24, 2.45) is 0 Å². The topological polar surface area (TPSA) is 56.1 Å². The van der Waals surface area contributed by atoms with Crippen molar-refractivity contribution in [3.63, 3.8) is 0 Å². The van der Waals surface area contributed by atoms with Crippen LogP contribution in [-0.2, 0) is 16.1 Å². The molecule has 0 aliphatic carbocycles. The van der Waals surface area contributed by atoms with Crippen LogP contribution in [0, 0.1) is 0 Å². The molecule has 102 valence electrons. The SMILES string of the molecule is COCCNC(=O)CCn1ncc2ccc(Cl)cc21. The van der Waals surface area contributed by atoms with E-state index in [-0.39, 0.29) is 5.91 Å². The number of fused-ring (bicyclic) bond motifs is 1. The summed E-state index contributed by atoms with van der Waals surface area (Å²) in [5, 5.41) is 8.72. The third-order valence-corrected chi connectivity index (χ3v) is 3.02. The second kappa shape index (κ2) is 6.54. The lowest BCUT2D eigenvalue weighted by Crippen LogP contribution is -2.27. The van der Waals surface area contributed by atoms with Gasteiger partial charge in [-0.15, -0.1) is 0 Å². The minimum Gasteiger partial charge on any atom is -0.383 e. The van der Waals surface area contributed by atoms with E-state index in [9.17, 15) is 4.79 Å². The summed E-state index contributed by atoms with van der Waals surface area (Å²) in [6, 6.07) is 5.60. The van der Waals surface area contributed by atoms with Gasteiger partial charge in [0.2, 0.25) is 5.91 Å². The minimum absolute atomic E-state index is 0.0114. The Bertz CT molecular complexity index is 568. The number of hydrogen-bond donors (Lipinski definition) is 1. The number of methoxy groups -OCH3 is 1. The van der Waals surface area contributed by atoms with Crippen molar-refractivity contribution in [1.82, 2.24) is 15.1 Å². The molecule has 0 fully saturated rings. The average molecular weight is 282 g/mol. The molecule has 1 amide bonds. The predicted octanol–water partition coefficient (Wildman–Crippen LogP) is 1.84. The summed E-state index contributed by atoms with van der Waals surface area (Å²) >= 11 is 5.96. The number of halogens is 1. The zero-order valence-corrected chi connectivity index (χ0v) is 11.5. The van der Waals surface area contributed by atoms with Gasteiger partial charge in [0.25, 0.3) is 0 Å². The molecule has 0 atom stereocenters. The van der Waals surface area contributed by atoms with Crippen molar-refractivity contribution in [2.45, 2.75) is 13.0 Å². The van der Waals surface area contributed by atoms with Crippen molar-refractivity contribution in [2.75, 3.05) is 20.3 Å². The number of nitrogens with one attached hydrogen (secondary N) is 1. The van der Waals surface area contributed by atoms with E-state index >= 15 is 0 Å². The molecule has 0 radical (unpaired) electrons. The zero-order chi connectivity index (χ0) is 13.7. The van der Waals surface area contributed by atoms with E-state index in [0.29, 0.717) is 31.1 Å². The number of aryl methyl sites for hydroxylation is 1. The van der Waals surface area contributed by atoms with Gasteiger partial charge in [-0.2, -0.15) is 5.10 Å². The van der Waals surface area contributed by atoms with Gasteiger partial charge >= 0.3 is 0 Å². The maximum absolute atomic E-state index is 11.6. The highest BCUT2D eigenvalue weighted by atomic mass is 35.5. The van der Waals surface area contributed by atoms with Crippen molar-refractivity contribution < 1.29 is 9.53 Å². The fraction of sp³-hybridized carbons (Fsp3) is 0.385. The molecular formula is C13H16ClN3O2. The number of carbonyl (C=O) groups excluding carboxylic acids is 1. The Hall–Kier alpha value is -1.59. The van der Waals surface area contributed by atoms with E-state index in [0.717, 1.165) is 10.9 Å². The molecule has 0 aliphatic heterocycles. The number of benzene rings is 1. The Balaban J connectivity index is 1.94. The zero-order valence-electron chi connectivity index (χ0n) is 10.7. The van der Waals surface area contributed by atoms with E-state index in [2.05, 4.69) is 10.4 Å². The molecule has 1 heterocycles. The number of hydrogen-bond acceptors (Lipinski definition) is 3. The van der Waals surface area contributed by atoms with E-state index in [1.54, 1.807) is 18.0 Å². The number of carbonyl (C=O) groups is 1. The van der Waals surface area contributed by atoms with Crippen LogP contribution in [0.4, 0.5) is 0 Å². The van der Waals surface area contributed by atoms with E-state index in [4.69, 9.17) is 16.3 Å². The van der Waals surface area contributed by atoms with Gasteiger partial charge in [0.05, 0.1) is 24.9 Å². The second-order valence-corrected chi connectivity index (χ2v) is 4.60. The third-order valence-electron chi connectivity index (χ3n) is 2.79. The molecule has 0 spiro atoms. The van der Waals surface area contributed by atoms with Gasteiger partial charge in [-0.1, -0.05) is 11.6 Å². The van der Waals surface area contributed by atoms with Crippen molar-refractivity contribution in [3.05, 3.63) is 29.4 Å². The van der Waals surface area contributed by atoms with E-state index in [1.165, 1.54) is 0 Å². The van der Waals surface area contributed by atoms with Gasteiger partial charge in [0.1, 0.15) is 0 Å². The summed E-state index contributed by atoms with van der Waals surface area (Å²) in [7, 11) is 1.60. The Labute approximate surface area is 116 Å². The Kier molecular flexibility index (Phi) is 4.76. The lowest BCUT2D eigenvalue weighted by molar-refractivity contribution is -0.121. The summed E-state index contributed by atoms with van der Waals surface area (Å²) in [4.78, 5) is 11.6. The molecule has 1 aromatic carbocycles. The van der Waals surface area contributed by atoms with Gasteiger partial charge < -0.3 is 10.1 Å². The fourth-order valence-corrected chi connectivity index (χ4v) is 1.98. The maximum atomic E-state index is 11.6. The molecule has 6 heteroatoms. The van der Waals surface area contributed by atoms with Crippen LogP contribution in [0.5, 0.6) is 0 Å².